The topological polar surface area (TPSA) is 43.1 Å². The Labute approximate surface area is 124 Å². The molecule has 0 saturated heterocycles. The SMILES string of the molecule is NCC1(C(=O)Cc2cccc(Cl)c2Cl)CCCCC1. The molecule has 1 aromatic carbocycles. The Bertz CT molecular complexity index is 467. The zero-order chi connectivity index (χ0) is 13.9. The Balaban J connectivity index is 2.17. The number of hydrogen-bond donors (Lipinski definition) is 1. The highest BCUT2D eigenvalue weighted by atomic mass is 35.5. The van der Waals surface area contributed by atoms with Crippen LogP contribution in [-0.2, 0) is 11.2 Å². The standard InChI is InChI=1S/C15H19Cl2NO/c16-12-6-4-5-11(14(12)17)9-13(19)15(10-18)7-2-1-3-8-15/h4-6H,1-3,7-10,18H2. The first kappa shape index (κ1) is 14.8. The van der Waals surface area contributed by atoms with Crippen LogP contribution in [0, 0.1) is 5.41 Å². The van der Waals surface area contributed by atoms with Crippen LogP contribution in [0.15, 0.2) is 18.2 Å². The lowest BCUT2D eigenvalue weighted by molar-refractivity contribution is -0.129. The predicted octanol–water partition coefficient (Wildman–Crippen LogP) is 4.01. The number of Topliss-reactive ketones (excluding diaryl/α,β-unsaturated/α-hetero) is 1. The Morgan fingerprint density at radius 1 is 1.21 bits per heavy atom. The van der Waals surface area contributed by atoms with Gasteiger partial charge in [-0.05, 0) is 24.5 Å². The van der Waals surface area contributed by atoms with Gasteiger partial charge in [-0.3, -0.25) is 4.79 Å². The van der Waals surface area contributed by atoms with E-state index < -0.39 is 0 Å². The molecule has 2 N–H and O–H groups in total. The van der Waals surface area contributed by atoms with Crippen LogP contribution >= 0.6 is 23.2 Å². The fourth-order valence-electron chi connectivity index (χ4n) is 2.87. The fourth-order valence-corrected chi connectivity index (χ4v) is 3.26. The molecule has 104 valence electrons. The average molecular weight is 300 g/mol. The normalized spacial score (nSPS) is 18.3. The number of benzene rings is 1. The fraction of sp³-hybridized carbons (Fsp3) is 0.533. The summed E-state index contributed by atoms with van der Waals surface area (Å²) in [5.41, 5.74) is 6.34. The van der Waals surface area contributed by atoms with Crippen LogP contribution in [0.3, 0.4) is 0 Å². The molecule has 0 aromatic heterocycles. The molecule has 1 saturated carbocycles. The summed E-state index contributed by atoms with van der Waals surface area (Å²) in [7, 11) is 0. The molecule has 0 heterocycles. The molecule has 0 unspecified atom stereocenters. The number of hydrogen-bond acceptors (Lipinski definition) is 2. The van der Waals surface area contributed by atoms with Crippen molar-refractivity contribution in [2.24, 2.45) is 11.1 Å². The molecule has 0 amide bonds. The molecule has 4 heteroatoms. The summed E-state index contributed by atoms with van der Waals surface area (Å²) in [5.74, 6) is 0.207. The molecule has 1 fully saturated rings. The molecule has 2 nitrogen and oxygen atoms in total. The molecular formula is C15H19Cl2NO. The second-order valence-corrected chi connectivity index (χ2v) is 6.14. The van der Waals surface area contributed by atoms with Gasteiger partial charge in [0, 0.05) is 18.4 Å². The van der Waals surface area contributed by atoms with Crippen LogP contribution < -0.4 is 5.73 Å². The maximum absolute atomic E-state index is 12.6. The Morgan fingerprint density at radius 2 is 1.89 bits per heavy atom. The van der Waals surface area contributed by atoms with Crippen LogP contribution in [0.1, 0.15) is 37.7 Å². The van der Waals surface area contributed by atoms with Gasteiger partial charge in [-0.2, -0.15) is 0 Å². The van der Waals surface area contributed by atoms with Crippen molar-refractivity contribution in [2.75, 3.05) is 6.54 Å². The van der Waals surface area contributed by atoms with E-state index in [-0.39, 0.29) is 11.2 Å². The van der Waals surface area contributed by atoms with E-state index in [9.17, 15) is 4.79 Å². The first-order valence-corrected chi connectivity index (χ1v) is 7.51. The number of rotatable bonds is 4. The maximum Gasteiger partial charge on any atom is 0.144 e. The van der Waals surface area contributed by atoms with Gasteiger partial charge in [0.25, 0.3) is 0 Å². The average Bonchev–Trinajstić information content (AvgIpc) is 2.44. The van der Waals surface area contributed by atoms with E-state index in [1.807, 2.05) is 12.1 Å². The first-order valence-electron chi connectivity index (χ1n) is 6.75. The lowest BCUT2D eigenvalue weighted by atomic mass is 9.70. The van der Waals surface area contributed by atoms with Crippen molar-refractivity contribution >= 4 is 29.0 Å². The van der Waals surface area contributed by atoms with E-state index in [2.05, 4.69) is 0 Å². The van der Waals surface area contributed by atoms with Gasteiger partial charge in [0.15, 0.2) is 0 Å². The first-order chi connectivity index (χ1) is 9.09. The second kappa shape index (κ2) is 6.25. The number of carbonyl (C=O) groups is 1. The minimum absolute atomic E-state index is 0.207. The number of ketones is 1. The lowest BCUT2D eigenvalue weighted by Gasteiger charge is -2.34. The van der Waals surface area contributed by atoms with Crippen molar-refractivity contribution in [3.8, 4) is 0 Å². The van der Waals surface area contributed by atoms with Crippen molar-refractivity contribution in [1.82, 2.24) is 0 Å². The van der Waals surface area contributed by atoms with Gasteiger partial charge in [-0.1, -0.05) is 54.6 Å². The maximum atomic E-state index is 12.6. The van der Waals surface area contributed by atoms with E-state index in [4.69, 9.17) is 28.9 Å². The summed E-state index contributed by atoms with van der Waals surface area (Å²) < 4.78 is 0. The van der Waals surface area contributed by atoms with Crippen LogP contribution in [-0.4, -0.2) is 12.3 Å². The van der Waals surface area contributed by atoms with Gasteiger partial charge in [0.1, 0.15) is 5.78 Å². The van der Waals surface area contributed by atoms with Gasteiger partial charge in [-0.15, -0.1) is 0 Å². The largest absolute Gasteiger partial charge is 0.329 e. The highest BCUT2D eigenvalue weighted by Gasteiger charge is 2.37. The molecule has 2 rings (SSSR count). The smallest absolute Gasteiger partial charge is 0.144 e. The summed E-state index contributed by atoms with van der Waals surface area (Å²) in [6.07, 6.45) is 5.52. The van der Waals surface area contributed by atoms with Gasteiger partial charge < -0.3 is 5.73 Å². The molecule has 0 bridgehead atoms. The van der Waals surface area contributed by atoms with Gasteiger partial charge in [0.05, 0.1) is 10.0 Å². The summed E-state index contributed by atoms with van der Waals surface area (Å²) in [4.78, 5) is 12.6. The molecule has 1 aliphatic carbocycles. The van der Waals surface area contributed by atoms with E-state index in [1.54, 1.807) is 6.07 Å². The Morgan fingerprint density at radius 3 is 2.53 bits per heavy atom. The van der Waals surface area contributed by atoms with Crippen LogP contribution in [0.5, 0.6) is 0 Å². The summed E-state index contributed by atoms with van der Waals surface area (Å²) in [5, 5.41) is 0.984. The zero-order valence-electron chi connectivity index (χ0n) is 10.9. The Kier molecular flexibility index (Phi) is 4.88. The number of carbonyl (C=O) groups excluding carboxylic acids is 1. The Hall–Kier alpha value is -0.570. The number of nitrogens with two attached hydrogens (primary N) is 1. The van der Waals surface area contributed by atoms with Gasteiger partial charge in [-0.25, -0.2) is 0 Å². The van der Waals surface area contributed by atoms with Gasteiger partial charge >= 0.3 is 0 Å². The van der Waals surface area contributed by atoms with E-state index in [0.29, 0.717) is 23.0 Å². The van der Waals surface area contributed by atoms with Crippen molar-refractivity contribution in [3.63, 3.8) is 0 Å². The van der Waals surface area contributed by atoms with E-state index >= 15 is 0 Å². The van der Waals surface area contributed by atoms with E-state index in [0.717, 1.165) is 31.2 Å². The molecule has 0 atom stereocenters. The monoisotopic (exact) mass is 299 g/mol. The highest BCUT2D eigenvalue weighted by Crippen LogP contribution is 2.38. The summed E-state index contributed by atoms with van der Waals surface area (Å²) in [6.45, 7) is 0.435. The third-order valence-electron chi connectivity index (χ3n) is 4.18. The molecular weight excluding hydrogens is 281 g/mol. The van der Waals surface area contributed by atoms with Crippen LogP contribution in [0.2, 0.25) is 10.0 Å². The van der Waals surface area contributed by atoms with Crippen molar-refractivity contribution in [2.45, 2.75) is 38.5 Å². The van der Waals surface area contributed by atoms with Crippen LogP contribution in [0.25, 0.3) is 0 Å². The minimum Gasteiger partial charge on any atom is -0.329 e. The summed E-state index contributed by atoms with van der Waals surface area (Å²) >= 11 is 12.1. The quantitative estimate of drug-likeness (QED) is 0.912. The lowest BCUT2D eigenvalue weighted by Crippen LogP contribution is -2.41. The van der Waals surface area contributed by atoms with Crippen LogP contribution in [0.4, 0.5) is 0 Å². The molecule has 0 radical (unpaired) electrons. The highest BCUT2D eigenvalue weighted by molar-refractivity contribution is 6.42. The molecule has 19 heavy (non-hydrogen) atoms. The van der Waals surface area contributed by atoms with Crippen molar-refractivity contribution < 1.29 is 4.79 Å². The summed E-state index contributed by atoms with van der Waals surface area (Å²) in [6, 6.07) is 5.42. The molecule has 0 aliphatic heterocycles. The second-order valence-electron chi connectivity index (χ2n) is 5.36. The molecule has 1 aliphatic rings. The van der Waals surface area contributed by atoms with Crippen molar-refractivity contribution in [1.29, 1.82) is 0 Å². The molecule has 0 spiro atoms. The van der Waals surface area contributed by atoms with Crippen molar-refractivity contribution in [3.05, 3.63) is 33.8 Å². The minimum atomic E-state index is -0.343. The van der Waals surface area contributed by atoms with E-state index in [1.165, 1.54) is 6.42 Å². The van der Waals surface area contributed by atoms with Gasteiger partial charge in [0.2, 0.25) is 0 Å². The third-order valence-corrected chi connectivity index (χ3v) is 5.03. The zero-order valence-corrected chi connectivity index (χ0v) is 12.4. The number of halogens is 2. The predicted molar refractivity (Wildman–Crippen MR) is 79.7 cm³/mol. The molecule has 1 aromatic rings. The third kappa shape index (κ3) is 3.13.